The molecule has 0 aliphatic carbocycles. The number of aryl methyl sites for hydroxylation is 2. The molecule has 1 saturated heterocycles. The fourth-order valence-corrected chi connectivity index (χ4v) is 2.98. The Balaban J connectivity index is 2.20. The monoisotopic (exact) mass is 276 g/mol. The van der Waals surface area contributed by atoms with Crippen molar-refractivity contribution >= 4 is 0 Å². The van der Waals surface area contributed by atoms with Crippen LogP contribution in [0.2, 0.25) is 0 Å². The minimum absolute atomic E-state index is 0.173. The summed E-state index contributed by atoms with van der Waals surface area (Å²) in [5.41, 5.74) is 5.44. The van der Waals surface area contributed by atoms with Crippen LogP contribution in [-0.4, -0.2) is 24.4 Å². The molecule has 0 aromatic heterocycles. The first-order valence-corrected chi connectivity index (χ1v) is 7.65. The van der Waals surface area contributed by atoms with E-state index in [4.69, 9.17) is 4.74 Å². The molecule has 0 amide bonds. The van der Waals surface area contributed by atoms with Gasteiger partial charge in [-0.15, -0.1) is 0 Å². The van der Waals surface area contributed by atoms with Crippen molar-refractivity contribution in [2.75, 3.05) is 13.2 Å². The van der Waals surface area contributed by atoms with Crippen molar-refractivity contribution in [3.05, 3.63) is 34.4 Å². The van der Waals surface area contributed by atoms with E-state index in [2.05, 4.69) is 46.8 Å². The van der Waals surface area contributed by atoms with Gasteiger partial charge in [0, 0.05) is 12.5 Å². The summed E-state index contributed by atoms with van der Waals surface area (Å²) in [5.74, 6) is 0.302. The molecule has 0 bridgehead atoms. The van der Waals surface area contributed by atoms with Gasteiger partial charge < -0.3 is 9.84 Å². The van der Waals surface area contributed by atoms with Gasteiger partial charge in [-0.1, -0.05) is 32.9 Å². The molecule has 2 atom stereocenters. The predicted molar refractivity (Wildman–Crippen MR) is 83.3 cm³/mol. The Kier molecular flexibility index (Phi) is 4.55. The molecular formula is C18H28O2. The van der Waals surface area contributed by atoms with Gasteiger partial charge >= 0.3 is 0 Å². The second kappa shape index (κ2) is 5.87. The fourth-order valence-electron chi connectivity index (χ4n) is 2.98. The lowest BCUT2D eigenvalue weighted by atomic mass is 9.82. The molecule has 1 aromatic carbocycles. The van der Waals surface area contributed by atoms with Crippen LogP contribution < -0.4 is 0 Å². The van der Waals surface area contributed by atoms with E-state index in [1.54, 1.807) is 0 Å². The highest BCUT2D eigenvalue weighted by molar-refractivity contribution is 5.40. The molecule has 112 valence electrons. The van der Waals surface area contributed by atoms with Gasteiger partial charge in [-0.3, -0.25) is 0 Å². The zero-order chi connectivity index (χ0) is 14.9. The van der Waals surface area contributed by atoms with Gasteiger partial charge in [0.25, 0.3) is 0 Å². The van der Waals surface area contributed by atoms with Crippen LogP contribution >= 0.6 is 0 Å². The number of hydrogen-bond acceptors (Lipinski definition) is 2. The fraction of sp³-hybridized carbons (Fsp3) is 0.667. The van der Waals surface area contributed by atoms with Gasteiger partial charge in [0.15, 0.2) is 0 Å². The highest BCUT2D eigenvalue weighted by Gasteiger charge is 2.25. The second-order valence-electron chi connectivity index (χ2n) is 7.23. The van der Waals surface area contributed by atoms with Gasteiger partial charge in [0.05, 0.1) is 12.7 Å². The Morgan fingerprint density at radius 2 is 1.85 bits per heavy atom. The summed E-state index contributed by atoms with van der Waals surface area (Å²) in [5, 5.41) is 10.4. The van der Waals surface area contributed by atoms with Crippen molar-refractivity contribution in [2.45, 2.75) is 59.0 Å². The quantitative estimate of drug-likeness (QED) is 0.915. The van der Waals surface area contributed by atoms with E-state index >= 15 is 0 Å². The van der Waals surface area contributed by atoms with E-state index in [-0.39, 0.29) is 11.5 Å². The molecule has 1 aliphatic rings. The molecule has 2 rings (SSSR count). The van der Waals surface area contributed by atoms with E-state index in [1.807, 2.05) is 0 Å². The van der Waals surface area contributed by atoms with Crippen molar-refractivity contribution in [3.63, 3.8) is 0 Å². The molecule has 2 heteroatoms. The molecule has 2 nitrogen and oxygen atoms in total. The lowest BCUT2D eigenvalue weighted by molar-refractivity contribution is 0.0916. The van der Waals surface area contributed by atoms with Crippen molar-refractivity contribution < 1.29 is 9.84 Å². The number of ether oxygens (including phenoxy) is 1. The summed E-state index contributed by atoms with van der Waals surface area (Å²) in [6.07, 6.45) is 1.45. The number of hydrogen-bond donors (Lipinski definition) is 1. The minimum Gasteiger partial charge on any atom is -0.392 e. The first kappa shape index (κ1) is 15.5. The van der Waals surface area contributed by atoms with Gasteiger partial charge in [-0.2, -0.15) is 0 Å². The summed E-state index contributed by atoms with van der Waals surface area (Å²) >= 11 is 0. The molecule has 1 heterocycles. The summed E-state index contributed by atoms with van der Waals surface area (Å²) in [4.78, 5) is 0. The van der Waals surface area contributed by atoms with E-state index in [1.165, 1.54) is 22.3 Å². The number of aliphatic hydroxyl groups is 1. The Hall–Kier alpha value is -0.860. The van der Waals surface area contributed by atoms with Crippen LogP contribution in [0.4, 0.5) is 0 Å². The van der Waals surface area contributed by atoms with E-state index in [0.717, 1.165) is 19.4 Å². The van der Waals surface area contributed by atoms with Crippen LogP contribution in [0.25, 0.3) is 0 Å². The normalized spacial score (nSPS) is 21.2. The van der Waals surface area contributed by atoms with E-state index < -0.39 is 0 Å². The molecule has 1 aromatic rings. The third kappa shape index (κ3) is 3.42. The number of aliphatic hydroxyl groups excluding tert-OH is 1. The first-order valence-electron chi connectivity index (χ1n) is 7.65. The SMILES string of the molecule is Cc1cc(C(C)(C)C)cc(C)c1CC(O)C1CCOC1. The number of rotatable bonds is 3. The summed E-state index contributed by atoms with van der Waals surface area (Å²) in [6, 6.07) is 4.56. The average molecular weight is 276 g/mol. The summed E-state index contributed by atoms with van der Waals surface area (Å²) in [6.45, 7) is 12.6. The molecule has 1 N–H and O–H groups in total. The van der Waals surface area contributed by atoms with Gasteiger partial charge in [0.2, 0.25) is 0 Å². The van der Waals surface area contributed by atoms with Crippen LogP contribution in [0.15, 0.2) is 12.1 Å². The van der Waals surface area contributed by atoms with E-state index in [0.29, 0.717) is 12.5 Å². The Bertz CT molecular complexity index is 442. The van der Waals surface area contributed by atoms with Gasteiger partial charge in [0.1, 0.15) is 0 Å². The standard InChI is InChI=1S/C18H28O2/c1-12-8-15(18(3,4)5)9-13(2)16(12)10-17(19)14-6-7-20-11-14/h8-9,14,17,19H,6-7,10-11H2,1-5H3. The average Bonchev–Trinajstić information content (AvgIpc) is 2.85. The molecule has 2 unspecified atom stereocenters. The van der Waals surface area contributed by atoms with Crippen molar-refractivity contribution in [1.82, 2.24) is 0 Å². The van der Waals surface area contributed by atoms with Crippen molar-refractivity contribution in [1.29, 1.82) is 0 Å². The molecule has 0 radical (unpaired) electrons. The van der Waals surface area contributed by atoms with Crippen LogP contribution in [0, 0.1) is 19.8 Å². The van der Waals surface area contributed by atoms with Crippen molar-refractivity contribution in [2.24, 2.45) is 5.92 Å². The van der Waals surface area contributed by atoms with Crippen LogP contribution in [0.3, 0.4) is 0 Å². The lowest BCUT2D eigenvalue weighted by Gasteiger charge is -2.24. The maximum Gasteiger partial charge on any atom is 0.0631 e. The lowest BCUT2D eigenvalue weighted by Crippen LogP contribution is -2.24. The molecule has 20 heavy (non-hydrogen) atoms. The third-order valence-corrected chi connectivity index (χ3v) is 4.48. The maximum absolute atomic E-state index is 10.4. The number of benzene rings is 1. The van der Waals surface area contributed by atoms with Crippen LogP contribution in [-0.2, 0) is 16.6 Å². The molecule has 0 spiro atoms. The predicted octanol–water partition coefficient (Wildman–Crippen LogP) is 3.54. The summed E-state index contributed by atoms with van der Waals surface area (Å²) in [7, 11) is 0. The highest BCUT2D eigenvalue weighted by atomic mass is 16.5. The van der Waals surface area contributed by atoms with Gasteiger partial charge in [-0.25, -0.2) is 0 Å². The molecular weight excluding hydrogens is 248 g/mol. The smallest absolute Gasteiger partial charge is 0.0631 e. The Labute approximate surface area is 123 Å². The Morgan fingerprint density at radius 3 is 2.30 bits per heavy atom. The first-order chi connectivity index (χ1) is 9.29. The zero-order valence-corrected chi connectivity index (χ0v) is 13.5. The second-order valence-corrected chi connectivity index (χ2v) is 7.23. The van der Waals surface area contributed by atoms with Crippen LogP contribution in [0.5, 0.6) is 0 Å². The minimum atomic E-state index is -0.282. The van der Waals surface area contributed by atoms with Gasteiger partial charge in [-0.05, 0) is 54.4 Å². The molecule has 0 saturated carbocycles. The Morgan fingerprint density at radius 1 is 1.25 bits per heavy atom. The largest absolute Gasteiger partial charge is 0.392 e. The maximum atomic E-state index is 10.4. The summed E-state index contributed by atoms with van der Waals surface area (Å²) < 4.78 is 5.38. The topological polar surface area (TPSA) is 29.5 Å². The van der Waals surface area contributed by atoms with Crippen LogP contribution in [0.1, 0.15) is 49.4 Å². The zero-order valence-electron chi connectivity index (χ0n) is 13.5. The molecule has 1 fully saturated rings. The van der Waals surface area contributed by atoms with Crippen molar-refractivity contribution in [3.8, 4) is 0 Å². The highest BCUT2D eigenvalue weighted by Crippen LogP contribution is 2.29. The third-order valence-electron chi connectivity index (χ3n) is 4.48. The van der Waals surface area contributed by atoms with E-state index in [9.17, 15) is 5.11 Å². The molecule has 1 aliphatic heterocycles.